The van der Waals surface area contributed by atoms with Gasteiger partial charge in [0.05, 0.1) is 27.8 Å². The van der Waals surface area contributed by atoms with Crippen molar-refractivity contribution in [3.8, 4) is 17.2 Å². The van der Waals surface area contributed by atoms with Crippen molar-refractivity contribution >= 4 is 33.3 Å². The fraction of sp³-hybridized carbons (Fsp3) is 0.292. The molecule has 8 heteroatoms. The molecule has 1 fully saturated rings. The summed E-state index contributed by atoms with van der Waals surface area (Å²) in [6.45, 7) is 4.03. The first-order chi connectivity index (χ1) is 15.6. The number of nitriles is 1. The molecule has 0 bridgehead atoms. The zero-order valence-electron chi connectivity index (χ0n) is 17.8. The summed E-state index contributed by atoms with van der Waals surface area (Å²) in [5.41, 5.74) is 11.4. The average Bonchev–Trinajstić information content (AvgIpc) is 3.43. The molecule has 1 atom stereocenters. The number of nitrogens with one attached hydrogen (secondary N) is 2. The third-order valence-corrected chi connectivity index (χ3v) is 6.15. The van der Waals surface area contributed by atoms with Crippen LogP contribution in [0, 0.1) is 17.1 Å². The minimum absolute atomic E-state index is 0.179. The summed E-state index contributed by atoms with van der Waals surface area (Å²) in [5.74, 6) is -0.310. The Morgan fingerprint density at radius 2 is 2.19 bits per heavy atom. The Balaban J connectivity index is 1.87. The number of halogens is 1. The van der Waals surface area contributed by atoms with Gasteiger partial charge < -0.3 is 20.9 Å². The highest BCUT2D eigenvalue weighted by atomic mass is 19.1. The summed E-state index contributed by atoms with van der Waals surface area (Å²) < 4.78 is 14.6. The summed E-state index contributed by atoms with van der Waals surface area (Å²) >= 11 is 0. The molecule has 0 amide bonds. The van der Waals surface area contributed by atoms with Gasteiger partial charge in [0.15, 0.2) is 0 Å². The Labute approximate surface area is 185 Å². The van der Waals surface area contributed by atoms with Crippen LogP contribution in [0.25, 0.3) is 33.1 Å². The molecule has 3 aromatic heterocycles. The molecule has 4 heterocycles. The van der Waals surface area contributed by atoms with Crippen LogP contribution < -0.4 is 16.0 Å². The smallest absolute Gasteiger partial charge is 0.140 e. The van der Waals surface area contributed by atoms with Crippen molar-refractivity contribution in [2.75, 3.05) is 29.9 Å². The van der Waals surface area contributed by atoms with Gasteiger partial charge in [-0.3, -0.25) is 4.98 Å². The van der Waals surface area contributed by atoms with Crippen LogP contribution in [0.15, 0.2) is 36.8 Å². The van der Waals surface area contributed by atoms with E-state index in [2.05, 4.69) is 31.2 Å². The molecule has 0 spiro atoms. The lowest BCUT2D eigenvalue weighted by Gasteiger charge is -2.29. The Morgan fingerprint density at radius 1 is 1.31 bits per heavy atom. The molecule has 32 heavy (non-hydrogen) atoms. The van der Waals surface area contributed by atoms with E-state index in [1.165, 1.54) is 12.3 Å². The van der Waals surface area contributed by atoms with Crippen molar-refractivity contribution in [1.82, 2.24) is 15.0 Å². The molecule has 5 rings (SSSR count). The monoisotopic (exact) mass is 429 g/mol. The number of fused-ring (bicyclic) bond motifs is 3. The molecular formula is C24H24FN7. The van der Waals surface area contributed by atoms with Gasteiger partial charge in [0.1, 0.15) is 17.5 Å². The van der Waals surface area contributed by atoms with Crippen LogP contribution in [-0.2, 0) is 0 Å². The Kier molecular flexibility index (Phi) is 5.11. The van der Waals surface area contributed by atoms with E-state index in [-0.39, 0.29) is 11.9 Å². The number of H-pyrrole nitrogens is 1. The van der Waals surface area contributed by atoms with Crippen molar-refractivity contribution < 1.29 is 4.39 Å². The molecule has 0 saturated carbocycles. The van der Waals surface area contributed by atoms with Gasteiger partial charge in [-0.15, -0.1) is 0 Å². The molecule has 4 N–H and O–H groups in total. The van der Waals surface area contributed by atoms with Gasteiger partial charge in [-0.05, 0) is 38.0 Å². The number of aromatic amines is 1. The van der Waals surface area contributed by atoms with E-state index in [0.29, 0.717) is 30.0 Å². The summed E-state index contributed by atoms with van der Waals surface area (Å²) in [7, 11) is 0. The van der Waals surface area contributed by atoms with E-state index in [0.717, 1.165) is 52.5 Å². The van der Waals surface area contributed by atoms with E-state index >= 15 is 0 Å². The number of anilines is 2. The summed E-state index contributed by atoms with van der Waals surface area (Å²) in [6.07, 6.45) is 7.11. The number of aromatic nitrogens is 3. The van der Waals surface area contributed by atoms with Crippen LogP contribution in [0.3, 0.4) is 0 Å². The van der Waals surface area contributed by atoms with E-state index in [1.807, 2.05) is 13.0 Å². The highest BCUT2D eigenvalue weighted by Crippen LogP contribution is 2.44. The van der Waals surface area contributed by atoms with E-state index in [4.69, 9.17) is 5.73 Å². The van der Waals surface area contributed by atoms with Crippen LogP contribution in [0.5, 0.6) is 0 Å². The lowest BCUT2D eigenvalue weighted by Crippen LogP contribution is -2.35. The van der Waals surface area contributed by atoms with Gasteiger partial charge in [-0.2, -0.15) is 5.26 Å². The minimum Gasteiger partial charge on any atom is -0.384 e. The normalized spacial score (nSPS) is 16.1. The first-order valence-corrected chi connectivity index (χ1v) is 10.8. The summed E-state index contributed by atoms with van der Waals surface area (Å²) in [5, 5.41) is 14.3. The van der Waals surface area contributed by atoms with E-state index in [9.17, 15) is 9.65 Å². The number of benzene rings is 1. The molecule has 1 aliphatic heterocycles. The van der Waals surface area contributed by atoms with Crippen molar-refractivity contribution in [3.05, 3.63) is 48.2 Å². The topological polar surface area (TPSA) is 107 Å². The predicted octanol–water partition coefficient (Wildman–Crippen LogP) is 4.15. The fourth-order valence-corrected chi connectivity index (χ4v) is 4.77. The fourth-order valence-electron chi connectivity index (χ4n) is 4.77. The van der Waals surface area contributed by atoms with Crippen LogP contribution >= 0.6 is 0 Å². The molecule has 1 unspecified atom stereocenters. The van der Waals surface area contributed by atoms with E-state index in [1.54, 1.807) is 18.5 Å². The second kappa shape index (κ2) is 8.09. The number of rotatable bonds is 5. The molecule has 1 aliphatic rings. The lowest BCUT2D eigenvalue weighted by molar-refractivity contribution is 0.630. The second-order valence-corrected chi connectivity index (χ2v) is 8.07. The highest BCUT2D eigenvalue weighted by Gasteiger charge is 2.29. The maximum Gasteiger partial charge on any atom is 0.140 e. The third-order valence-electron chi connectivity index (χ3n) is 6.15. The Morgan fingerprint density at radius 3 is 2.97 bits per heavy atom. The standard InChI is InChI=1S/C24H24FN7/c1-2-29-20-8-16(25)7-18-21-23(32-5-3-4-17(32)10-27)19(13-30-24(21)31-22(18)20)15-6-14(9-26)11-28-12-15/h6-8,11-13,17,29H,2-5,10,27H2,1H3,(H,30,31). The number of hydrogen-bond acceptors (Lipinski definition) is 6. The molecule has 162 valence electrons. The summed E-state index contributed by atoms with van der Waals surface area (Å²) in [6, 6.07) is 7.20. The number of nitrogens with zero attached hydrogens (tertiary/aromatic N) is 4. The van der Waals surface area contributed by atoms with Crippen LogP contribution in [0.1, 0.15) is 25.3 Å². The first kappa shape index (κ1) is 20.2. The van der Waals surface area contributed by atoms with Gasteiger partial charge in [0.25, 0.3) is 0 Å². The number of pyridine rings is 2. The molecule has 7 nitrogen and oxygen atoms in total. The van der Waals surface area contributed by atoms with Crippen molar-refractivity contribution in [2.45, 2.75) is 25.8 Å². The molecule has 1 saturated heterocycles. The van der Waals surface area contributed by atoms with Crippen LogP contribution in [-0.4, -0.2) is 40.6 Å². The average molecular weight is 430 g/mol. The first-order valence-electron chi connectivity index (χ1n) is 10.8. The van der Waals surface area contributed by atoms with Crippen LogP contribution in [0.4, 0.5) is 15.8 Å². The maximum atomic E-state index is 14.6. The molecule has 1 aromatic carbocycles. The minimum atomic E-state index is -0.310. The van der Waals surface area contributed by atoms with Crippen molar-refractivity contribution in [2.24, 2.45) is 5.73 Å². The highest BCUT2D eigenvalue weighted by molar-refractivity contribution is 6.17. The zero-order valence-corrected chi connectivity index (χ0v) is 17.8. The lowest BCUT2D eigenvalue weighted by atomic mass is 10.0. The van der Waals surface area contributed by atoms with Gasteiger partial charge in [-0.25, -0.2) is 9.37 Å². The van der Waals surface area contributed by atoms with Gasteiger partial charge >= 0.3 is 0 Å². The van der Waals surface area contributed by atoms with Crippen molar-refractivity contribution in [1.29, 1.82) is 5.26 Å². The van der Waals surface area contributed by atoms with Gasteiger partial charge in [0, 0.05) is 60.8 Å². The summed E-state index contributed by atoms with van der Waals surface area (Å²) in [4.78, 5) is 14.6. The molecular weight excluding hydrogens is 405 g/mol. The largest absolute Gasteiger partial charge is 0.384 e. The number of hydrogen-bond donors (Lipinski definition) is 3. The second-order valence-electron chi connectivity index (χ2n) is 8.07. The molecule has 0 aliphatic carbocycles. The van der Waals surface area contributed by atoms with Gasteiger partial charge in [0.2, 0.25) is 0 Å². The van der Waals surface area contributed by atoms with Crippen LogP contribution in [0.2, 0.25) is 0 Å². The molecule has 4 aromatic rings. The third kappa shape index (κ3) is 3.22. The van der Waals surface area contributed by atoms with Gasteiger partial charge in [-0.1, -0.05) is 0 Å². The zero-order chi connectivity index (χ0) is 22.2. The van der Waals surface area contributed by atoms with E-state index < -0.39 is 0 Å². The van der Waals surface area contributed by atoms with Crippen molar-refractivity contribution in [3.63, 3.8) is 0 Å². The predicted molar refractivity (Wildman–Crippen MR) is 125 cm³/mol. The SMILES string of the molecule is CCNc1cc(F)cc2c1[nH]c1ncc(-c3cncc(C#N)c3)c(N3CCCC3CN)c12. The Bertz CT molecular complexity index is 1350. The molecule has 0 radical (unpaired) electrons. The maximum absolute atomic E-state index is 14.6. The number of nitrogens with two attached hydrogens (primary N) is 1. The quantitative estimate of drug-likeness (QED) is 0.440. The Hall–Kier alpha value is -3.70.